The number of halogens is 2. The highest BCUT2D eigenvalue weighted by molar-refractivity contribution is 5.77. The van der Waals surface area contributed by atoms with Gasteiger partial charge >= 0.3 is 0 Å². The molecule has 4 rings (SSSR count). The van der Waals surface area contributed by atoms with Crippen molar-refractivity contribution in [3.63, 3.8) is 0 Å². The maximum Gasteiger partial charge on any atom is 0.223 e. The van der Waals surface area contributed by atoms with Gasteiger partial charge in [-0.2, -0.15) is 0 Å². The Morgan fingerprint density at radius 2 is 2.04 bits per heavy atom. The molecule has 0 saturated carbocycles. The first-order chi connectivity index (χ1) is 13.5. The van der Waals surface area contributed by atoms with Crippen molar-refractivity contribution in [3.05, 3.63) is 47.0 Å². The number of carbonyl (C=O) groups excluding carboxylic acids is 1. The van der Waals surface area contributed by atoms with Crippen molar-refractivity contribution in [1.82, 2.24) is 25.0 Å². The second kappa shape index (κ2) is 7.95. The maximum atomic E-state index is 14.0. The molecule has 3 heterocycles. The minimum Gasteiger partial charge on any atom is -0.343 e. The van der Waals surface area contributed by atoms with E-state index in [9.17, 15) is 13.6 Å². The van der Waals surface area contributed by atoms with E-state index in [0.717, 1.165) is 50.2 Å². The molecule has 1 N–H and O–H groups in total. The Bertz CT molecular complexity index is 860. The van der Waals surface area contributed by atoms with E-state index in [1.165, 1.54) is 12.1 Å². The number of nitrogens with one attached hydrogen (secondary N) is 1. The van der Waals surface area contributed by atoms with Crippen LogP contribution in [0.1, 0.15) is 55.2 Å². The van der Waals surface area contributed by atoms with Crippen molar-refractivity contribution in [2.45, 2.75) is 51.1 Å². The van der Waals surface area contributed by atoms with Crippen LogP contribution in [0.3, 0.4) is 0 Å². The van der Waals surface area contributed by atoms with Crippen molar-refractivity contribution in [1.29, 1.82) is 0 Å². The van der Waals surface area contributed by atoms with Gasteiger partial charge in [0.1, 0.15) is 23.3 Å². The molecular weight excluding hydrogens is 364 g/mol. The third-order valence-corrected chi connectivity index (χ3v) is 5.84. The summed E-state index contributed by atoms with van der Waals surface area (Å²) in [6, 6.07) is 3.54. The highest BCUT2D eigenvalue weighted by Crippen LogP contribution is 2.29. The third kappa shape index (κ3) is 3.78. The minimum atomic E-state index is -0.603. The van der Waals surface area contributed by atoms with Crippen LogP contribution < -0.4 is 5.32 Å². The Balaban J connectivity index is 1.34. The topological polar surface area (TPSA) is 63.1 Å². The number of amides is 1. The number of piperidine rings is 1. The van der Waals surface area contributed by atoms with Gasteiger partial charge in [0.05, 0.1) is 6.54 Å². The van der Waals surface area contributed by atoms with Gasteiger partial charge in [-0.25, -0.2) is 8.78 Å². The van der Waals surface area contributed by atoms with E-state index >= 15 is 0 Å². The number of rotatable bonds is 4. The molecule has 0 spiro atoms. The lowest BCUT2D eigenvalue weighted by Crippen LogP contribution is -2.39. The molecule has 0 aliphatic carbocycles. The molecular formula is C20H25F2N5O. The largest absolute Gasteiger partial charge is 0.343 e. The van der Waals surface area contributed by atoms with Crippen molar-refractivity contribution < 1.29 is 13.6 Å². The zero-order chi connectivity index (χ0) is 19.7. The van der Waals surface area contributed by atoms with E-state index in [1.54, 1.807) is 6.92 Å². The number of likely N-dealkylation sites (tertiary alicyclic amines) is 1. The van der Waals surface area contributed by atoms with Gasteiger partial charge in [0.15, 0.2) is 0 Å². The SMILES string of the molecule is CC(CC(=O)N1CCC(c2nnc3n2CCNC3)CC1)c1ccc(F)cc1F. The van der Waals surface area contributed by atoms with Gasteiger partial charge < -0.3 is 14.8 Å². The molecule has 1 unspecified atom stereocenters. The van der Waals surface area contributed by atoms with Crippen LogP contribution in [0.2, 0.25) is 0 Å². The molecule has 1 amide bonds. The van der Waals surface area contributed by atoms with Crippen LogP contribution in [-0.4, -0.2) is 45.2 Å². The smallest absolute Gasteiger partial charge is 0.223 e. The van der Waals surface area contributed by atoms with Gasteiger partial charge in [0.2, 0.25) is 5.91 Å². The fourth-order valence-corrected chi connectivity index (χ4v) is 4.21. The van der Waals surface area contributed by atoms with Crippen LogP contribution in [0.4, 0.5) is 8.78 Å². The van der Waals surface area contributed by atoms with Gasteiger partial charge in [-0.05, 0) is 30.4 Å². The first kappa shape index (κ1) is 19.0. The summed E-state index contributed by atoms with van der Waals surface area (Å²) in [6.45, 7) is 5.70. The molecule has 1 saturated heterocycles. The van der Waals surface area contributed by atoms with Crippen LogP contribution in [0.15, 0.2) is 18.2 Å². The lowest BCUT2D eigenvalue weighted by atomic mass is 9.93. The molecule has 2 aliphatic heterocycles. The standard InChI is InChI=1S/C20H25F2N5O/c1-13(16-3-2-15(21)11-17(16)22)10-19(28)26-7-4-14(5-8-26)20-25-24-18-12-23-6-9-27(18)20/h2-3,11,13-14,23H,4-10,12H2,1H3. The molecule has 2 aliphatic rings. The molecule has 28 heavy (non-hydrogen) atoms. The van der Waals surface area contributed by atoms with E-state index in [1.807, 2.05) is 4.90 Å². The van der Waals surface area contributed by atoms with Crippen molar-refractivity contribution in [2.75, 3.05) is 19.6 Å². The maximum absolute atomic E-state index is 14.0. The van der Waals surface area contributed by atoms with E-state index in [-0.39, 0.29) is 18.2 Å². The quantitative estimate of drug-likeness (QED) is 0.873. The first-order valence-corrected chi connectivity index (χ1v) is 9.88. The van der Waals surface area contributed by atoms with Crippen LogP contribution >= 0.6 is 0 Å². The fourth-order valence-electron chi connectivity index (χ4n) is 4.21. The Hall–Kier alpha value is -2.35. The summed E-state index contributed by atoms with van der Waals surface area (Å²) in [5.41, 5.74) is 0.383. The fraction of sp³-hybridized carbons (Fsp3) is 0.550. The number of benzene rings is 1. The molecule has 150 valence electrons. The lowest BCUT2D eigenvalue weighted by Gasteiger charge is -2.32. The number of hydrogen-bond donors (Lipinski definition) is 1. The summed E-state index contributed by atoms with van der Waals surface area (Å²) >= 11 is 0. The first-order valence-electron chi connectivity index (χ1n) is 9.88. The highest BCUT2D eigenvalue weighted by Gasteiger charge is 2.29. The molecule has 1 atom stereocenters. The Morgan fingerprint density at radius 1 is 1.25 bits per heavy atom. The second-order valence-electron chi connectivity index (χ2n) is 7.73. The molecule has 1 aromatic heterocycles. The molecule has 2 aromatic rings. The summed E-state index contributed by atoms with van der Waals surface area (Å²) in [7, 11) is 0. The number of hydrogen-bond acceptors (Lipinski definition) is 4. The highest BCUT2D eigenvalue weighted by atomic mass is 19.1. The summed E-state index contributed by atoms with van der Waals surface area (Å²) in [5, 5.41) is 12.0. The van der Waals surface area contributed by atoms with Crippen LogP contribution in [-0.2, 0) is 17.9 Å². The zero-order valence-corrected chi connectivity index (χ0v) is 16.0. The summed E-state index contributed by atoms with van der Waals surface area (Å²) in [4.78, 5) is 14.5. The van der Waals surface area contributed by atoms with E-state index in [2.05, 4.69) is 20.1 Å². The molecule has 0 radical (unpaired) electrons. The third-order valence-electron chi connectivity index (χ3n) is 5.84. The number of aromatic nitrogens is 3. The summed E-state index contributed by atoms with van der Waals surface area (Å²) in [6.07, 6.45) is 1.94. The zero-order valence-electron chi connectivity index (χ0n) is 16.0. The Morgan fingerprint density at radius 3 is 2.79 bits per heavy atom. The Kier molecular flexibility index (Phi) is 5.39. The number of carbonyl (C=O) groups is 1. The van der Waals surface area contributed by atoms with Crippen molar-refractivity contribution >= 4 is 5.91 Å². The van der Waals surface area contributed by atoms with Gasteiger partial charge in [-0.1, -0.05) is 13.0 Å². The average Bonchev–Trinajstić information content (AvgIpc) is 3.12. The molecule has 6 nitrogen and oxygen atoms in total. The second-order valence-corrected chi connectivity index (χ2v) is 7.73. The Labute approximate surface area is 162 Å². The minimum absolute atomic E-state index is 0.0159. The molecule has 1 aromatic carbocycles. The van der Waals surface area contributed by atoms with E-state index in [4.69, 9.17) is 0 Å². The van der Waals surface area contributed by atoms with Crippen LogP contribution in [0.5, 0.6) is 0 Å². The van der Waals surface area contributed by atoms with Crippen LogP contribution in [0, 0.1) is 11.6 Å². The average molecular weight is 389 g/mol. The molecule has 1 fully saturated rings. The van der Waals surface area contributed by atoms with E-state index in [0.29, 0.717) is 24.6 Å². The van der Waals surface area contributed by atoms with Gasteiger partial charge in [0.25, 0.3) is 0 Å². The van der Waals surface area contributed by atoms with E-state index < -0.39 is 11.6 Å². The summed E-state index contributed by atoms with van der Waals surface area (Å²) < 4.78 is 29.3. The van der Waals surface area contributed by atoms with Crippen LogP contribution in [0.25, 0.3) is 0 Å². The normalized spacial score (nSPS) is 18.8. The van der Waals surface area contributed by atoms with Gasteiger partial charge in [-0.3, -0.25) is 4.79 Å². The van der Waals surface area contributed by atoms with Gasteiger partial charge in [0, 0.05) is 44.6 Å². The van der Waals surface area contributed by atoms with Crippen molar-refractivity contribution in [3.8, 4) is 0 Å². The predicted molar refractivity (Wildman–Crippen MR) is 99.7 cm³/mol. The number of nitrogens with zero attached hydrogens (tertiary/aromatic N) is 4. The van der Waals surface area contributed by atoms with Crippen molar-refractivity contribution in [2.24, 2.45) is 0 Å². The monoisotopic (exact) mass is 389 g/mol. The molecule has 8 heteroatoms. The number of fused-ring (bicyclic) bond motifs is 1. The van der Waals surface area contributed by atoms with Gasteiger partial charge in [-0.15, -0.1) is 10.2 Å². The predicted octanol–water partition coefficient (Wildman–Crippen LogP) is 2.56. The summed E-state index contributed by atoms with van der Waals surface area (Å²) in [5.74, 6) is 0.859. The lowest BCUT2D eigenvalue weighted by molar-refractivity contribution is -0.132. The molecule has 0 bridgehead atoms.